The molecule has 10 N–H and O–H groups in total. The Bertz CT molecular complexity index is 2240. The fourth-order valence-electron chi connectivity index (χ4n) is 9.40. The van der Waals surface area contributed by atoms with Crippen LogP contribution in [0.25, 0.3) is 10.9 Å². The van der Waals surface area contributed by atoms with Gasteiger partial charge in [0.2, 0.25) is 47.3 Å². The number of carbonyl (C=O) groups excluding carboxylic acids is 9. The van der Waals surface area contributed by atoms with Crippen LogP contribution in [0.5, 0.6) is 0 Å². The van der Waals surface area contributed by atoms with Crippen LogP contribution in [-0.4, -0.2) is 140 Å². The van der Waals surface area contributed by atoms with Gasteiger partial charge in [0.05, 0.1) is 24.1 Å². The van der Waals surface area contributed by atoms with Crippen molar-refractivity contribution in [1.29, 1.82) is 0 Å². The number of hydrogen-bond donors (Lipinski definition) is 9. The lowest BCUT2D eigenvalue weighted by Gasteiger charge is -2.32. The molecule has 2 aromatic rings. The van der Waals surface area contributed by atoms with Gasteiger partial charge < -0.3 is 57.5 Å². The van der Waals surface area contributed by atoms with Gasteiger partial charge in [0.25, 0.3) is 5.91 Å². The van der Waals surface area contributed by atoms with Crippen LogP contribution < -0.4 is 37.6 Å². The molecule has 5 aliphatic rings. The van der Waals surface area contributed by atoms with Gasteiger partial charge in [-0.05, 0) is 43.2 Å². The van der Waals surface area contributed by atoms with Gasteiger partial charge in [-0.15, -0.1) is 0 Å². The topological polar surface area (TPSA) is 294 Å². The third-order valence-electron chi connectivity index (χ3n) is 13.5. The molecule has 21 heteroatoms. The first-order chi connectivity index (χ1) is 29.9. The molecule has 63 heavy (non-hydrogen) atoms. The Morgan fingerprint density at radius 1 is 0.937 bits per heavy atom. The van der Waals surface area contributed by atoms with E-state index < -0.39 is 125 Å². The largest absolute Gasteiger partial charge is 0.391 e. The highest BCUT2D eigenvalue weighted by molar-refractivity contribution is 8.00. The van der Waals surface area contributed by atoms with Gasteiger partial charge in [-0.3, -0.25) is 43.2 Å². The van der Waals surface area contributed by atoms with Crippen molar-refractivity contribution < 1.29 is 48.3 Å². The summed E-state index contributed by atoms with van der Waals surface area (Å²) in [6, 6.07) is 0.316. The van der Waals surface area contributed by atoms with Crippen molar-refractivity contribution in [1.82, 2.24) is 46.7 Å². The SMILES string of the molecule is CC[C@H](C)[C@@H]1NC(=O)[C@@H]2C[C@@H](O)CN2C(=O)[C@H](CC(N)=O)NC(=O)[C@H]2NC(=O)[C@H]3CCCN3C(=O)[C@@]3(CC3(C)CC)NC(=O)CNC(=O)[C@H](Cc3c([nH]c4ccccc34)S2)NC1=O. The number of rotatable bonds is 5. The molecule has 1 spiro atoms. The summed E-state index contributed by atoms with van der Waals surface area (Å²) in [6.07, 6.45) is -0.496. The second kappa shape index (κ2) is 17.8. The number of aromatic amines is 1. The number of para-hydroxylation sites is 1. The minimum absolute atomic E-state index is 0.186. The van der Waals surface area contributed by atoms with E-state index in [-0.39, 0.29) is 43.8 Å². The van der Waals surface area contributed by atoms with E-state index >= 15 is 0 Å². The molecule has 7 rings (SSSR count). The van der Waals surface area contributed by atoms with Gasteiger partial charge in [-0.1, -0.05) is 64.1 Å². The Balaban J connectivity index is 1.39. The van der Waals surface area contributed by atoms with E-state index in [1.165, 1.54) is 4.90 Å². The molecule has 5 heterocycles. The van der Waals surface area contributed by atoms with Crippen LogP contribution in [0.3, 0.4) is 0 Å². The maximum atomic E-state index is 14.6. The summed E-state index contributed by atoms with van der Waals surface area (Å²) in [5.41, 5.74) is 4.54. The van der Waals surface area contributed by atoms with E-state index in [4.69, 9.17) is 5.73 Å². The zero-order valence-electron chi connectivity index (χ0n) is 35.7. The van der Waals surface area contributed by atoms with Crippen molar-refractivity contribution in [2.75, 3.05) is 19.6 Å². The van der Waals surface area contributed by atoms with Crippen LogP contribution in [0.1, 0.15) is 78.2 Å². The number of nitrogens with zero attached hydrogens (tertiary/aromatic N) is 2. The van der Waals surface area contributed by atoms with Crippen LogP contribution in [0.4, 0.5) is 0 Å². The molecule has 3 fully saturated rings. The van der Waals surface area contributed by atoms with Gasteiger partial charge in [0.15, 0.2) is 5.37 Å². The summed E-state index contributed by atoms with van der Waals surface area (Å²) in [4.78, 5) is 133. The van der Waals surface area contributed by atoms with Crippen LogP contribution in [0, 0.1) is 11.3 Å². The maximum Gasteiger partial charge on any atom is 0.254 e. The number of thioether (sulfide) groups is 1. The smallest absolute Gasteiger partial charge is 0.254 e. The average Bonchev–Trinajstić information content (AvgIpc) is 3.68. The lowest BCUT2D eigenvalue weighted by Crippen LogP contribution is -2.61. The minimum Gasteiger partial charge on any atom is -0.391 e. The molecule has 1 aromatic heterocycles. The molecule has 1 unspecified atom stereocenters. The van der Waals surface area contributed by atoms with Crippen LogP contribution in [-0.2, 0) is 49.6 Å². The lowest BCUT2D eigenvalue weighted by atomic mass is 9.96. The van der Waals surface area contributed by atoms with Gasteiger partial charge in [0.1, 0.15) is 35.7 Å². The third-order valence-corrected chi connectivity index (χ3v) is 14.7. The molecule has 20 nitrogen and oxygen atoms in total. The number of H-pyrrole nitrogens is 1. The van der Waals surface area contributed by atoms with Crippen LogP contribution in [0.15, 0.2) is 29.3 Å². The minimum atomic E-state index is -1.66. The van der Waals surface area contributed by atoms with Crippen molar-refractivity contribution >= 4 is 75.8 Å². The van der Waals surface area contributed by atoms with E-state index in [9.17, 15) is 48.3 Å². The highest BCUT2D eigenvalue weighted by atomic mass is 32.2. The summed E-state index contributed by atoms with van der Waals surface area (Å²) >= 11 is 0.838. The summed E-state index contributed by atoms with van der Waals surface area (Å²) < 4.78 is 0. The first kappa shape index (κ1) is 45.3. The number of benzene rings is 1. The van der Waals surface area contributed by atoms with Gasteiger partial charge in [0, 0.05) is 42.2 Å². The zero-order chi connectivity index (χ0) is 45.5. The zero-order valence-corrected chi connectivity index (χ0v) is 36.5. The molecular formula is C42H56N10O10S. The van der Waals surface area contributed by atoms with Crippen molar-refractivity contribution in [3.05, 3.63) is 29.8 Å². The number of aromatic nitrogens is 1. The molecule has 4 aliphatic heterocycles. The quantitative estimate of drug-likeness (QED) is 0.165. The molecule has 1 saturated carbocycles. The number of amides is 9. The maximum absolute atomic E-state index is 14.6. The Morgan fingerprint density at radius 2 is 1.67 bits per heavy atom. The highest BCUT2D eigenvalue weighted by Crippen LogP contribution is 2.59. The first-order valence-electron chi connectivity index (χ1n) is 21.5. The van der Waals surface area contributed by atoms with Crippen molar-refractivity contribution in [3.8, 4) is 0 Å². The summed E-state index contributed by atoms with van der Waals surface area (Å²) in [7, 11) is 0. The van der Waals surface area contributed by atoms with Crippen molar-refractivity contribution in [2.24, 2.45) is 17.1 Å². The highest BCUT2D eigenvalue weighted by Gasteiger charge is 2.70. The molecule has 9 amide bonds. The molecule has 1 aromatic carbocycles. The van der Waals surface area contributed by atoms with Crippen molar-refractivity contribution in [3.63, 3.8) is 0 Å². The normalized spacial score (nSPS) is 32.8. The Morgan fingerprint density at radius 3 is 2.37 bits per heavy atom. The molecule has 340 valence electrons. The molecule has 2 saturated heterocycles. The van der Waals surface area contributed by atoms with Crippen LogP contribution >= 0.6 is 11.8 Å². The number of nitrogens with two attached hydrogens (primary N) is 1. The number of primary amides is 1. The monoisotopic (exact) mass is 892 g/mol. The fraction of sp³-hybridized carbons (Fsp3) is 0.595. The fourth-order valence-corrected chi connectivity index (χ4v) is 10.5. The van der Waals surface area contributed by atoms with E-state index in [1.54, 1.807) is 38.1 Å². The second-order valence-corrected chi connectivity index (χ2v) is 18.8. The number of nitrogens with one attached hydrogen (secondary N) is 7. The first-order valence-corrected chi connectivity index (χ1v) is 22.4. The molecule has 0 radical (unpaired) electrons. The van der Waals surface area contributed by atoms with Gasteiger partial charge in [-0.2, -0.15) is 0 Å². The number of aliphatic hydroxyl groups is 1. The predicted octanol–water partition coefficient (Wildman–Crippen LogP) is -1.61. The Kier molecular flexibility index (Phi) is 12.8. The molecule has 10 atom stereocenters. The Hall–Kier alpha value is -5.70. The molecular weight excluding hydrogens is 837 g/mol. The third kappa shape index (κ3) is 8.81. The average molecular weight is 893 g/mol. The lowest BCUT2D eigenvalue weighted by molar-refractivity contribution is -0.144. The van der Waals surface area contributed by atoms with E-state index in [1.807, 2.05) is 13.8 Å². The van der Waals surface area contributed by atoms with Crippen LogP contribution in [0.2, 0.25) is 0 Å². The van der Waals surface area contributed by atoms with Crippen molar-refractivity contribution in [2.45, 2.75) is 131 Å². The van der Waals surface area contributed by atoms with E-state index in [2.05, 4.69) is 36.9 Å². The standard InChI is InChI=1S/C42H56N10O10S/c1-5-20(3)31-35(59)45-25-15-23-22-10-7-8-11-24(22)47-37(23)63-38(36(60)46-26(16-29(43)54)39(61)52-18-21(53)14-28(52)34(58)48-31)49-33(57)27-12-9-13-51(27)40(62)42(19-41(42,4)6-2)50-30(55)17-44-32(25)56/h7-8,10-11,20-21,25-28,31,38,47,53H,5-6,9,12-19H2,1-4H3,(H2,43,54)(H,44,56)(H,45,59)(H,46,60)(H,48,58)(H,49,57)(H,50,55)/t20-,21+,25-,26-,27+,28-,31-,38-,41?,42+/m0/s1. The summed E-state index contributed by atoms with van der Waals surface area (Å²) in [5, 5.41) is 26.5. The Labute approximate surface area is 367 Å². The van der Waals surface area contributed by atoms with E-state index in [0.717, 1.165) is 16.7 Å². The van der Waals surface area contributed by atoms with Gasteiger partial charge >= 0.3 is 0 Å². The van der Waals surface area contributed by atoms with E-state index in [0.29, 0.717) is 35.7 Å². The molecule has 2 bridgehead atoms. The summed E-state index contributed by atoms with van der Waals surface area (Å²) in [5.74, 6) is -7.50. The number of fused-ring (bicyclic) bond motifs is 5. The number of aliphatic hydroxyl groups excluding tert-OH is 1. The summed E-state index contributed by atoms with van der Waals surface area (Å²) in [6.45, 7) is 6.53. The molecule has 1 aliphatic carbocycles. The predicted molar refractivity (Wildman–Crippen MR) is 227 cm³/mol. The van der Waals surface area contributed by atoms with Gasteiger partial charge in [-0.25, -0.2) is 0 Å². The second-order valence-electron chi connectivity index (χ2n) is 17.7. The number of hydrogen-bond acceptors (Lipinski definition) is 11. The number of carbonyl (C=O) groups is 9.